The first-order valence-corrected chi connectivity index (χ1v) is 13.4. The topological polar surface area (TPSA) is 147 Å². The number of nitrogens with one attached hydrogen (secondary N) is 1. The van der Waals surface area contributed by atoms with E-state index in [0.717, 1.165) is 11.1 Å². The number of hydrogen-bond acceptors (Lipinski definition) is 9. The van der Waals surface area contributed by atoms with Crippen LogP contribution in [0.15, 0.2) is 42.5 Å². The minimum atomic E-state index is -3.24. The van der Waals surface area contributed by atoms with Gasteiger partial charge in [-0.05, 0) is 48.4 Å². The third-order valence-electron chi connectivity index (χ3n) is 5.94. The van der Waals surface area contributed by atoms with Gasteiger partial charge in [-0.15, -0.1) is 0 Å². The van der Waals surface area contributed by atoms with Gasteiger partial charge in [0.25, 0.3) is 0 Å². The van der Waals surface area contributed by atoms with Crippen LogP contribution < -0.4 is 9.82 Å². The molecular weight excluding hydrogens is 513 g/mol. The van der Waals surface area contributed by atoms with Crippen LogP contribution in [0.2, 0.25) is 5.02 Å². The molecule has 1 aliphatic heterocycles. The summed E-state index contributed by atoms with van der Waals surface area (Å²) in [6, 6.07) is 12.6. The van der Waals surface area contributed by atoms with Gasteiger partial charge < -0.3 is 34.4 Å². The lowest BCUT2D eigenvalue weighted by Gasteiger charge is -2.40. The van der Waals surface area contributed by atoms with Crippen LogP contribution in [0.3, 0.4) is 0 Å². The highest BCUT2D eigenvalue weighted by Crippen LogP contribution is 2.41. The molecule has 6 unspecified atom stereocenters. The van der Waals surface area contributed by atoms with E-state index in [9.17, 15) is 25.0 Å². The van der Waals surface area contributed by atoms with Crippen molar-refractivity contribution in [3.63, 3.8) is 0 Å². The lowest BCUT2D eigenvalue weighted by Crippen LogP contribution is -2.55. The van der Waals surface area contributed by atoms with E-state index in [2.05, 4.69) is 5.09 Å². The molecule has 1 aliphatic rings. The zero-order valence-corrected chi connectivity index (χ0v) is 21.8. The minimum absolute atomic E-state index is 0.216. The maximum Gasteiger partial charge on any atom is 0.404 e. The average Bonchev–Trinajstić information content (AvgIpc) is 2.89. The molecule has 36 heavy (non-hydrogen) atoms. The van der Waals surface area contributed by atoms with Crippen molar-refractivity contribution < 1.29 is 43.5 Å². The second kappa shape index (κ2) is 13.3. The molecule has 10 nitrogen and oxygen atoms in total. The van der Waals surface area contributed by atoms with E-state index in [1.54, 1.807) is 18.2 Å². The number of hydrogen-bond donors (Lipinski definition) is 5. The molecule has 1 heterocycles. The van der Waals surface area contributed by atoms with Crippen LogP contribution in [0, 0.1) is 0 Å². The van der Waals surface area contributed by atoms with Crippen molar-refractivity contribution in [3.8, 4) is 5.75 Å². The predicted molar refractivity (Wildman–Crippen MR) is 133 cm³/mol. The Morgan fingerprint density at radius 3 is 2.42 bits per heavy atom. The van der Waals surface area contributed by atoms with Crippen molar-refractivity contribution in [1.82, 2.24) is 5.09 Å². The summed E-state index contributed by atoms with van der Waals surface area (Å²) >= 11 is 6.41. The molecular formula is C24H33ClNO9P. The lowest BCUT2D eigenvalue weighted by atomic mass is 9.90. The van der Waals surface area contributed by atoms with Crippen LogP contribution in [0.5, 0.6) is 5.75 Å². The van der Waals surface area contributed by atoms with E-state index in [1.165, 1.54) is 14.2 Å². The number of aliphatic hydroxyl groups excluding tert-OH is 4. The third-order valence-corrected chi connectivity index (χ3v) is 7.86. The molecule has 0 amide bonds. The summed E-state index contributed by atoms with van der Waals surface area (Å²) < 4.78 is 33.3. The van der Waals surface area contributed by atoms with Crippen LogP contribution >= 0.6 is 19.3 Å². The highest BCUT2D eigenvalue weighted by molar-refractivity contribution is 7.51. The zero-order valence-electron chi connectivity index (χ0n) is 20.1. The smallest absolute Gasteiger partial charge is 0.404 e. The zero-order chi connectivity index (χ0) is 26.3. The summed E-state index contributed by atoms with van der Waals surface area (Å²) in [6.45, 7) is 0.0975. The number of aliphatic hydroxyl groups is 4. The first-order valence-electron chi connectivity index (χ1n) is 11.5. The SMILES string of the molecule is CNP(=O)(OC)OCCCOc1ccc(Cc2cc(C3OC(CO)C(O)C(O)C3O)ccc2Cl)cc1. The summed E-state index contributed by atoms with van der Waals surface area (Å²) in [5.74, 6) is 0.670. The van der Waals surface area contributed by atoms with Gasteiger partial charge >= 0.3 is 7.75 Å². The Labute approximate surface area is 215 Å². The fraction of sp³-hybridized carbons (Fsp3) is 0.500. The molecule has 12 heteroatoms. The molecule has 2 aromatic rings. The molecule has 200 valence electrons. The summed E-state index contributed by atoms with van der Waals surface area (Å²) in [5.41, 5.74) is 2.32. The highest BCUT2D eigenvalue weighted by atomic mass is 35.5. The Balaban J connectivity index is 1.59. The van der Waals surface area contributed by atoms with Crippen molar-refractivity contribution >= 4 is 19.3 Å². The number of rotatable bonds is 12. The van der Waals surface area contributed by atoms with Crippen molar-refractivity contribution in [2.45, 2.75) is 43.4 Å². The van der Waals surface area contributed by atoms with Crippen LogP contribution in [-0.4, -0.2) is 78.8 Å². The maximum atomic E-state index is 11.9. The Bertz CT molecular complexity index is 1020. The summed E-state index contributed by atoms with van der Waals surface area (Å²) in [7, 11) is -0.422. The summed E-state index contributed by atoms with van der Waals surface area (Å²) in [4.78, 5) is 0. The summed E-state index contributed by atoms with van der Waals surface area (Å²) in [5, 5.41) is 43.0. The number of benzene rings is 2. The Morgan fingerprint density at radius 2 is 1.78 bits per heavy atom. The quantitative estimate of drug-likeness (QED) is 0.199. The molecule has 2 aromatic carbocycles. The van der Waals surface area contributed by atoms with E-state index in [1.807, 2.05) is 24.3 Å². The van der Waals surface area contributed by atoms with E-state index in [4.69, 9.17) is 30.1 Å². The second-order valence-corrected chi connectivity index (χ2v) is 10.8. The van der Waals surface area contributed by atoms with Gasteiger partial charge in [0.2, 0.25) is 0 Å². The largest absolute Gasteiger partial charge is 0.494 e. The molecule has 0 bridgehead atoms. The molecule has 0 spiro atoms. The molecule has 0 radical (unpaired) electrons. The third kappa shape index (κ3) is 7.26. The minimum Gasteiger partial charge on any atom is -0.494 e. The fourth-order valence-corrected chi connectivity index (χ4v) is 4.82. The molecule has 1 fully saturated rings. The van der Waals surface area contributed by atoms with E-state index < -0.39 is 44.9 Å². The molecule has 0 aromatic heterocycles. The standard InChI is InChI=1S/C24H33ClNO9P/c1-26-36(31,32-2)34-11-3-10-33-18-7-4-15(5-8-18)12-17-13-16(6-9-19(17)25)24-23(30)22(29)21(28)20(14-27)35-24/h4-9,13,20-24,27-30H,3,10-12,14H2,1-2H3,(H,26,31). The molecule has 0 saturated carbocycles. The van der Waals surface area contributed by atoms with Crippen LogP contribution in [0.25, 0.3) is 0 Å². The number of halogens is 1. The van der Waals surface area contributed by atoms with Gasteiger partial charge in [0.1, 0.15) is 36.3 Å². The van der Waals surface area contributed by atoms with Gasteiger partial charge in [-0.1, -0.05) is 35.9 Å². The van der Waals surface area contributed by atoms with E-state index in [-0.39, 0.29) is 6.61 Å². The Morgan fingerprint density at radius 1 is 1.06 bits per heavy atom. The molecule has 6 atom stereocenters. The fourth-order valence-electron chi connectivity index (χ4n) is 3.85. The van der Waals surface area contributed by atoms with Gasteiger partial charge in [-0.3, -0.25) is 4.52 Å². The number of ether oxygens (including phenoxy) is 2. The van der Waals surface area contributed by atoms with Gasteiger partial charge in [-0.2, -0.15) is 0 Å². The molecule has 5 N–H and O–H groups in total. The summed E-state index contributed by atoms with van der Waals surface area (Å²) in [6.07, 6.45) is -5.13. The van der Waals surface area contributed by atoms with E-state index >= 15 is 0 Å². The maximum absolute atomic E-state index is 11.9. The lowest BCUT2D eigenvalue weighted by molar-refractivity contribution is -0.231. The normalized spacial score (nSPS) is 25.9. The average molecular weight is 546 g/mol. The van der Waals surface area contributed by atoms with Gasteiger partial charge in [-0.25, -0.2) is 9.65 Å². The first-order chi connectivity index (χ1) is 17.2. The molecule has 0 aliphatic carbocycles. The van der Waals surface area contributed by atoms with Gasteiger partial charge in [0.15, 0.2) is 0 Å². The van der Waals surface area contributed by atoms with Crippen LogP contribution in [-0.2, 0) is 24.8 Å². The van der Waals surface area contributed by atoms with Crippen molar-refractivity contribution in [1.29, 1.82) is 0 Å². The molecule has 1 saturated heterocycles. The van der Waals surface area contributed by atoms with E-state index in [0.29, 0.717) is 35.8 Å². The monoisotopic (exact) mass is 545 g/mol. The van der Waals surface area contributed by atoms with Crippen molar-refractivity contribution in [3.05, 3.63) is 64.2 Å². The van der Waals surface area contributed by atoms with Crippen molar-refractivity contribution in [2.75, 3.05) is 34.0 Å². The van der Waals surface area contributed by atoms with Gasteiger partial charge in [0.05, 0.1) is 19.8 Å². The van der Waals surface area contributed by atoms with Gasteiger partial charge in [0, 0.05) is 18.6 Å². The van der Waals surface area contributed by atoms with Crippen LogP contribution in [0.1, 0.15) is 29.2 Å². The predicted octanol–water partition coefficient (Wildman–Crippen LogP) is 2.21. The highest BCUT2D eigenvalue weighted by Gasteiger charge is 2.44. The first kappa shape index (κ1) is 29.0. The second-order valence-electron chi connectivity index (χ2n) is 8.36. The van der Waals surface area contributed by atoms with Crippen molar-refractivity contribution in [2.24, 2.45) is 0 Å². The van der Waals surface area contributed by atoms with Crippen LogP contribution in [0.4, 0.5) is 0 Å². The molecule has 3 rings (SSSR count). The Kier molecular flexibility index (Phi) is 10.7. The Hall–Kier alpha value is -1.56.